The number of allylic oxidation sites excluding steroid dienone is 4. The van der Waals surface area contributed by atoms with Crippen molar-refractivity contribution in [1.82, 2.24) is 4.90 Å². The first-order valence-corrected chi connectivity index (χ1v) is 6.31. The average molecular weight is 230 g/mol. The number of rotatable bonds is 8. The summed E-state index contributed by atoms with van der Waals surface area (Å²) in [6, 6.07) is 0. The Morgan fingerprint density at radius 2 is 1.71 bits per heavy atom. The standard InChI is InChI=1S/C15H28N.Li.H/c1-6-14(2)11-9-12-15(3)10-7-8-13-16(4)5;;/h6,12H,1,7-11,13H2,2-5H3;;/b14-6+,15-12+;;. The zero-order valence-electron chi connectivity index (χ0n) is 11.6. The van der Waals surface area contributed by atoms with E-state index in [1.165, 1.54) is 37.0 Å². The Morgan fingerprint density at radius 3 is 2.24 bits per heavy atom. The van der Waals surface area contributed by atoms with Gasteiger partial charge in [0.1, 0.15) is 0 Å². The van der Waals surface area contributed by atoms with Crippen molar-refractivity contribution in [3.8, 4) is 0 Å². The summed E-state index contributed by atoms with van der Waals surface area (Å²) in [5.41, 5.74) is 2.92. The fourth-order valence-electron chi connectivity index (χ4n) is 1.58. The molecule has 0 aromatic rings. The molecule has 0 rings (SSSR count). The van der Waals surface area contributed by atoms with Gasteiger partial charge in [0.15, 0.2) is 0 Å². The molecule has 1 nitrogen and oxygen atoms in total. The third-order valence-electron chi connectivity index (χ3n) is 2.81. The maximum absolute atomic E-state index is 3.77. The number of hydrogen-bond donors (Lipinski definition) is 0. The van der Waals surface area contributed by atoms with Crippen molar-refractivity contribution >= 4 is 18.9 Å². The van der Waals surface area contributed by atoms with E-state index in [0.717, 1.165) is 12.8 Å². The second kappa shape index (κ2) is 12.5. The molecular weight excluding hydrogens is 201 g/mol. The molecule has 0 spiro atoms. The first-order valence-electron chi connectivity index (χ1n) is 6.31. The van der Waals surface area contributed by atoms with Gasteiger partial charge in [-0.25, -0.2) is 0 Å². The summed E-state index contributed by atoms with van der Waals surface area (Å²) in [5.74, 6) is 0. The van der Waals surface area contributed by atoms with E-state index in [9.17, 15) is 0 Å². The quantitative estimate of drug-likeness (QED) is 0.350. The molecule has 0 atom stereocenters. The van der Waals surface area contributed by atoms with E-state index in [4.69, 9.17) is 0 Å². The summed E-state index contributed by atoms with van der Waals surface area (Å²) in [4.78, 5) is 2.25. The van der Waals surface area contributed by atoms with Crippen molar-refractivity contribution in [3.05, 3.63) is 30.2 Å². The fraction of sp³-hybridized carbons (Fsp3) is 0.667. The zero-order chi connectivity index (χ0) is 12.4. The van der Waals surface area contributed by atoms with Gasteiger partial charge in [-0.2, -0.15) is 0 Å². The maximum atomic E-state index is 3.77. The molecular formula is C15H29LiN. The van der Waals surface area contributed by atoms with Gasteiger partial charge in [0, 0.05) is 0 Å². The molecule has 2 heteroatoms. The molecule has 0 aliphatic rings. The van der Waals surface area contributed by atoms with Crippen LogP contribution in [0.15, 0.2) is 23.3 Å². The molecule has 0 unspecified atom stereocenters. The fourth-order valence-corrected chi connectivity index (χ4v) is 1.58. The third-order valence-corrected chi connectivity index (χ3v) is 2.81. The Morgan fingerprint density at radius 1 is 1.06 bits per heavy atom. The van der Waals surface area contributed by atoms with Gasteiger partial charge in [-0.3, -0.25) is 0 Å². The van der Waals surface area contributed by atoms with Crippen LogP contribution in [-0.2, 0) is 0 Å². The van der Waals surface area contributed by atoms with Crippen LogP contribution in [0.2, 0.25) is 0 Å². The van der Waals surface area contributed by atoms with E-state index in [1.54, 1.807) is 0 Å². The van der Waals surface area contributed by atoms with Crippen LogP contribution in [0.5, 0.6) is 0 Å². The minimum atomic E-state index is 0. The molecule has 17 heavy (non-hydrogen) atoms. The van der Waals surface area contributed by atoms with Crippen LogP contribution in [0.25, 0.3) is 0 Å². The van der Waals surface area contributed by atoms with Gasteiger partial charge in [-0.15, -0.1) is 0 Å². The predicted molar refractivity (Wildman–Crippen MR) is 81.7 cm³/mol. The summed E-state index contributed by atoms with van der Waals surface area (Å²) >= 11 is 0. The van der Waals surface area contributed by atoms with E-state index in [-0.39, 0.29) is 18.9 Å². The molecule has 0 heterocycles. The predicted octanol–water partition coefficient (Wildman–Crippen LogP) is 3.58. The second-order valence-electron chi connectivity index (χ2n) is 4.90. The molecule has 0 saturated carbocycles. The molecule has 0 saturated heterocycles. The first-order chi connectivity index (χ1) is 7.56. The molecule has 95 valence electrons. The van der Waals surface area contributed by atoms with Crippen LogP contribution in [0.1, 0.15) is 46.0 Å². The topological polar surface area (TPSA) is 3.24 Å². The minimum absolute atomic E-state index is 0. The summed E-state index contributed by atoms with van der Waals surface area (Å²) in [6.45, 7) is 9.37. The van der Waals surface area contributed by atoms with Crippen LogP contribution in [0.3, 0.4) is 0 Å². The molecule has 0 bridgehead atoms. The van der Waals surface area contributed by atoms with Crippen LogP contribution in [0, 0.1) is 6.92 Å². The zero-order valence-corrected chi connectivity index (χ0v) is 11.6. The van der Waals surface area contributed by atoms with Crippen molar-refractivity contribution in [2.45, 2.75) is 46.0 Å². The summed E-state index contributed by atoms with van der Waals surface area (Å²) in [6.07, 6.45) is 10.5. The van der Waals surface area contributed by atoms with Crippen LogP contribution in [0.4, 0.5) is 0 Å². The summed E-state index contributed by atoms with van der Waals surface area (Å²) in [5, 5.41) is 0. The number of unbranched alkanes of at least 4 members (excludes halogenated alkanes) is 1. The monoisotopic (exact) mass is 230 g/mol. The Kier molecular flexibility index (Phi) is 14.2. The molecule has 0 aliphatic heterocycles. The van der Waals surface area contributed by atoms with Crippen molar-refractivity contribution in [2.24, 2.45) is 0 Å². The molecule has 0 amide bonds. The Balaban J connectivity index is 0. The third kappa shape index (κ3) is 14.0. The molecule has 0 N–H and O–H groups in total. The van der Waals surface area contributed by atoms with E-state index < -0.39 is 0 Å². The Hall–Kier alpha value is 0.0374. The van der Waals surface area contributed by atoms with Crippen LogP contribution >= 0.6 is 0 Å². The van der Waals surface area contributed by atoms with Crippen molar-refractivity contribution in [2.75, 3.05) is 20.6 Å². The SMILES string of the molecule is [CH2]/C=C(\C)CC/C=C(\C)CCCCN(C)C.[LiH]. The number of nitrogens with zero attached hydrogens (tertiary/aromatic N) is 1. The van der Waals surface area contributed by atoms with Gasteiger partial charge in [-0.1, -0.05) is 23.3 Å². The van der Waals surface area contributed by atoms with Gasteiger partial charge in [0.05, 0.1) is 0 Å². The summed E-state index contributed by atoms with van der Waals surface area (Å²) in [7, 11) is 4.27. The van der Waals surface area contributed by atoms with E-state index in [1.807, 2.05) is 6.08 Å². The number of hydrogen-bond acceptors (Lipinski definition) is 1. The van der Waals surface area contributed by atoms with Gasteiger partial charge < -0.3 is 4.90 Å². The second-order valence-corrected chi connectivity index (χ2v) is 4.90. The van der Waals surface area contributed by atoms with E-state index in [2.05, 4.69) is 45.8 Å². The van der Waals surface area contributed by atoms with E-state index >= 15 is 0 Å². The van der Waals surface area contributed by atoms with Crippen molar-refractivity contribution in [1.29, 1.82) is 0 Å². The van der Waals surface area contributed by atoms with Gasteiger partial charge in [0.2, 0.25) is 0 Å². The Bertz CT molecular complexity index is 229. The molecule has 0 aliphatic carbocycles. The van der Waals surface area contributed by atoms with Crippen molar-refractivity contribution < 1.29 is 0 Å². The summed E-state index contributed by atoms with van der Waals surface area (Å²) < 4.78 is 0. The normalized spacial score (nSPS) is 12.8. The first kappa shape index (κ1) is 19.4. The molecule has 0 aromatic carbocycles. The van der Waals surface area contributed by atoms with Crippen molar-refractivity contribution in [3.63, 3.8) is 0 Å². The Labute approximate surface area is 121 Å². The van der Waals surface area contributed by atoms with Gasteiger partial charge >= 0.3 is 18.9 Å². The molecule has 0 fully saturated rings. The van der Waals surface area contributed by atoms with Crippen LogP contribution < -0.4 is 0 Å². The average Bonchev–Trinajstić information content (AvgIpc) is 2.24. The van der Waals surface area contributed by atoms with Crippen LogP contribution in [-0.4, -0.2) is 44.4 Å². The molecule has 0 aromatic heterocycles. The van der Waals surface area contributed by atoms with E-state index in [0.29, 0.717) is 0 Å². The molecule has 1 radical (unpaired) electrons. The van der Waals surface area contributed by atoms with Gasteiger partial charge in [0.25, 0.3) is 0 Å². The van der Waals surface area contributed by atoms with Gasteiger partial charge in [-0.05, 0) is 73.5 Å².